The average molecular weight is 344 g/mol. The van der Waals surface area contributed by atoms with Gasteiger partial charge in [0.05, 0.1) is 6.04 Å². The monoisotopic (exact) mass is 343 g/mol. The third kappa shape index (κ3) is 4.87. The molecule has 3 N–H and O–H groups in total. The lowest BCUT2D eigenvalue weighted by Gasteiger charge is -2.20. The molecule has 5 nitrogen and oxygen atoms in total. The second-order valence-electron chi connectivity index (χ2n) is 5.51. The lowest BCUT2D eigenvalue weighted by Crippen LogP contribution is -2.49. The molecule has 2 atom stereocenters. The number of hydrogen-bond donors (Lipinski definition) is 3. The summed E-state index contributed by atoms with van der Waals surface area (Å²) in [7, 11) is 0. The predicted molar refractivity (Wildman–Crippen MR) is 87.2 cm³/mol. The number of benzene rings is 1. The number of carbonyl (C=O) groups is 2. The molecule has 1 aliphatic carbocycles. The third-order valence-electron chi connectivity index (χ3n) is 3.47. The van der Waals surface area contributed by atoms with Gasteiger partial charge < -0.3 is 5.32 Å². The Kier molecular flexibility index (Phi) is 5.67. The summed E-state index contributed by atoms with van der Waals surface area (Å²) in [5.74, 6) is -0.380. The molecule has 7 heteroatoms. The molecule has 0 bridgehead atoms. The van der Waals surface area contributed by atoms with E-state index in [0.717, 1.165) is 18.4 Å². The summed E-state index contributed by atoms with van der Waals surface area (Å²) in [6.45, 7) is 3.59. The Hall–Kier alpha value is -1.30. The van der Waals surface area contributed by atoms with Crippen molar-refractivity contribution >= 4 is 35.1 Å². The van der Waals surface area contributed by atoms with Crippen LogP contribution in [0.25, 0.3) is 0 Å². The highest BCUT2D eigenvalue weighted by atomic mass is 35.5. The van der Waals surface area contributed by atoms with Crippen molar-refractivity contribution in [1.29, 1.82) is 0 Å². The lowest BCUT2D eigenvalue weighted by molar-refractivity contribution is -0.121. The van der Waals surface area contributed by atoms with Crippen molar-refractivity contribution in [3.05, 3.63) is 33.8 Å². The number of halogens is 2. The van der Waals surface area contributed by atoms with Gasteiger partial charge in [0.1, 0.15) is 0 Å². The van der Waals surface area contributed by atoms with Crippen LogP contribution in [-0.4, -0.2) is 24.0 Å². The molecule has 0 spiro atoms. The molecular formula is C15H19Cl2N3O2. The summed E-state index contributed by atoms with van der Waals surface area (Å²) in [4.78, 5) is 23.5. The van der Waals surface area contributed by atoms with Gasteiger partial charge in [0.25, 0.3) is 0 Å². The smallest absolute Gasteiger partial charge is 0.321 e. The predicted octanol–water partition coefficient (Wildman–Crippen LogP) is 3.02. The minimum absolute atomic E-state index is 0.156. The van der Waals surface area contributed by atoms with Gasteiger partial charge in [-0.05, 0) is 44.4 Å². The third-order valence-corrected chi connectivity index (χ3v) is 4.03. The molecule has 120 valence electrons. The molecule has 22 heavy (non-hydrogen) atoms. The molecule has 1 aliphatic rings. The largest absolute Gasteiger partial charge is 0.335 e. The summed E-state index contributed by atoms with van der Waals surface area (Å²) < 4.78 is 0. The standard InChI is InChI=1S/C15H19Cl2N3O2/c1-8(12-6-3-10(16)7-13(12)17)18-9(2)14(21)20-15(22)19-11-4-5-11/h3,6-9,11,18H,4-5H2,1-2H3,(H2,19,20,21,22). The van der Waals surface area contributed by atoms with Crippen LogP contribution in [0.1, 0.15) is 38.3 Å². The molecular weight excluding hydrogens is 325 g/mol. The van der Waals surface area contributed by atoms with Gasteiger partial charge in [-0.3, -0.25) is 15.4 Å². The minimum atomic E-state index is -0.535. The van der Waals surface area contributed by atoms with Gasteiger partial charge in [-0.15, -0.1) is 0 Å². The van der Waals surface area contributed by atoms with Crippen molar-refractivity contribution in [2.45, 2.75) is 44.8 Å². The molecule has 2 unspecified atom stereocenters. The van der Waals surface area contributed by atoms with E-state index in [2.05, 4.69) is 16.0 Å². The van der Waals surface area contributed by atoms with Crippen LogP contribution in [0.3, 0.4) is 0 Å². The first kappa shape index (κ1) is 17.1. The Labute approximate surface area is 139 Å². The maximum atomic E-state index is 12.0. The molecule has 1 fully saturated rings. The van der Waals surface area contributed by atoms with Crippen LogP contribution in [0.2, 0.25) is 10.0 Å². The van der Waals surface area contributed by atoms with Gasteiger partial charge in [0.2, 0.25) is 5.91 Å². The maximum Gasteiger partial charge on any atom is 0.321 e. The molecule has 1 aromatic rings. The van der Waals surface area contributed by atoms with Crippen LogP contribution in [0.4, 0.5) is 4.79 Å². The molecule has 3 amide bonds. The van der Waals surface area contributed by atoms with Crippen LogP contribution in [-0.2, 0) is 4.79 Å². The van der Waals surface area contributed by atoms with Crippen LogP contribution in [0.5, 0.6) is 0 Å². The van der Waals surface area contributed by atoms with Crippen molar-refractivity contribution in [3.63, 3.8) is 0 Å². The van der Waals surface area contributed by atoms with E-state index in [4.69, 9.17) is 23.2 Å². The van der Waals surface area contributed by atoms with Crippen LogP contribution in [0, 0.1) is 0 Å². The van der Waals surface area contributed by atoms with Crippen molar-refractivity contribution in [2.24, 2.45) is 0 Å². The van der Waals surface area contributed by atoms with Crippen molar-refractivity contribution in [3.8, 4) is 0 Å². The number of carbonyl (C=O) groups excluding carboxylic acids is 2. The van der Waals surface area contributed by atoms with E-state index >= 15 is 0 Å². The maximum absolute atomic E-state index is 12.0. The zero-order chi connectivity index (χ0) is 16.3. The molecule has 0 heterocycles. The van der Waals surface area contributed by atoms with Crippen molar-refractivity contribution in [2.75, 3.05) is 0 Å². The molecule has 0 saturated heterocycles. The topological polar surface area (TPSA) is 70.2 Å². The summed E-state index contributed by atoms with van der Waals surface area (Å²) in [5.41, 5.74) is 0.841. The van der Waals surface area contributed by atoms with Gasteiger partial charge in [-0.25, -0.2) is 4.79 Å². The first-order valence-electron chi connectivity index (χ1n) is 7.19. The summed E-state index contributed by atoms with van der Waals surface area (Å²) in [5, 5.41) is 9.24. The number of urea groups is 1. The number of hydrogen-bond acceptors (Lipinski definition) is 3. The minimum Gasteiger partial charge on any atom is -0.335 e. The summed E-state index contributed by atoms with van der Waals surface area (Å²) in [6.07, 6.45) is 1.95. The highest BCUT2D eigenvalue weighted by Gasteiger charge is 2.25. The first-order chi connectivity index (χ1) is 10.4. The van der Waals surface area contributed by atoms with Gasteiger partial charge >= 0.3 is 6.03 Å². The average Bonchev–Trinajstić information content (AvgIpc) is 3.21. The van der Waals surface area contributed by atoms with E-state index < -0.39 is 12.1 Å². The fraction of sp³-hybridized carbons (Fsp3) is 0.467. The second kappa shape index (κ2) is 7.31. The normalized spacial score (nSPS) is 16.7. The van der Waals surface area contributed by atoms with Gasteiger partial charge in [0.15, 0.2) is 0 Å². The Bertz CT molecular complexity index is 576. The van der Waals surface area contributed by atoms with Gasteiger partial charge in [-0.1, -0.05) is 29.3 Å². The lowest BCUT2D eigenvalue weighted by atomic mass is 10.1. The number of nitrogens with one attached hydrogen (secondary N) is 3. The fourth-order valence-electron chi connectivity index (χ4n) is 2.06. The number of amides is 3. The quantitative estimate of drug-likeness (QED) is 0.769. The summed E-state index contributed by atoms with van der Waals surface area (Å²) >= 11 is 12.0. The Morgan fingerprint density at radius 2 is 1.91 bits per heavy atom. The second-order valence-corrected chi connectivity index (χ2v) is 6.36. The van der Waals surface area contributed by atoms with Crippen molar-refractivity contribution in [1.82, 2.24) is 16.0 Å². The molecule has 2 rings (SSSR count). The number of rotatable bonds is 5. The zero-order valence-corrected chi connectivity index (χ0v) is 14.0. The van der Waals surface area contributed by atoms with E-state index in [1.165, 1.54) is 0 Å². The Morgan fingerprint density at radius 3 is 2.50 bits per heavy atom. The van der Waals surface area contributed by atoms with E-state index in [-0.39, 0.29) is 18.0 Å². The van der Waals surface area contributed by atoms with Crippen LogP contribution in [0.15, 0.2) is 18.2 Å². The number of imide groups is 1. The molecule has 1 saturated carbocycles. The molecule has 0 aliphatic heterocycles. The SMILES string of the molecule is CC(NC(C)c1ccc(Cl)cc1Cl)C(=O)NC(=O)NC1CC1. The highest BCUT2D eigenvalue weighted by Crippen LogP contribution is 2.26. The van der Waals surface area contributed by atoms with E-state index in [1.807, 2.05) is 13.0 Å². The molecule has 1 aromatic carbocycles. The Balaban J connectivity index is 1.87. The highest BCUT2D eigenvalue weighted by molar-refractivity contribution is 6.35. The van der Waals surface area contributed by atoms with Gasteiger partial charge in [0, 0.05) is 22.1 Å². The van der Waals surface area contributed by atoms with Crippen molar-refractivity contribution < 1.29 is 9.59 Å². The van der Waals surface area contributed by atoms with E-state index in [1.54, 1.807) is 19.1 Å². The molecule has 0 aromatic heterocycles. The van der Waals surface area contributed by atoms with E-state index in [0.29, 0.717) is 10.0 Å². The summed E-state index contributed by atoms with van der Waals surface area (Å²) in [6, 6.07) is 4.29. The first-order valence-corrected chi connectivity index (χ1v) is 7.94. The Morgan fingerprint density at radius 1 is 1.23 bits per heavy atom. The van der Waals surface area contributed by atoms with Crippen LogP contribution >= 0.6 is 23.2 Å². The molecule has 0 radical (unpaired) electrons. The van der Waals surface area contributed by atoms with Crippen LogP contribution < -0.4 is 16.0 Å². The van der Waals surface area contributed by atoms with E-state index in [9.17, 15) is 9.59 Å². The fourth-order valence-corrected chi connectivity index (χ4v) is 2.63. The zero-order valence-electron chi connectivity index (χ0n) is 12.5. The van der Waals surface area contributed by atoms with Gasteiger partial charge in [-0.2, -0.15) is 0 Å².